The molecule has 3 rings (SSSR count). The Labute approximate surface area is 163 Å². The van der Waals surface area contributed by atoms with Crippen molar-refractivity contribution in [1.82, 2.24) is 4.90 Å². The lowest BCUT2D eigenvalue weighted by atomic mass is 10.1. The van der Waals surface area contributed by atoms with Crippen LogP contribution in [0.1, 0.15) is 16.7 Å². The second-order valence-corrected chi connectivity index (χ2v) is 6.62. The zero-order chi connectivity index (χ0) is 18.6. The van der Waals surface area contributed by atoms with E-state index in [1.54, 1.807) is 0 Å². The monoisotopic (exact) mass is 353 g/mol. The van der Waals surface area contributed by atoms with Gasteiger partial charge in [-0.3, -0.25) is 4.90 Å². The SMILES string of the molecule is C(=C\c1ccccc1)/CN(C/C=C/c1ccccc1)CCc1ccccc1. The quantitative estimate of drug-likeness (QED) is 0.459. The molecule has 0 unspecified atom stereocenters. The van der Waals surface area contributed by atoms with Gasteiger partial charge >= 0.3 is 0 Å². The van der Waals surface area contributed by atoms with Crippen molar-refractivity contribution in [2.24, 2.45) is 0 Å². The molecule has 1 heteroatoms. The van der Waals surface area contributed by atoms with Gasteiger partial charge in [0.25, 0.3) is 0 Å². The van der Waals surface area contributed by atoms with Gasteiger partial charge in [-0.05, 0) is 23.1 Å². The molecule has 0 saturated heterocycles. The van der Waals surface area contributed by atoms with Gasteiger partial charge in [-0.15, -0.1) is 0 Å². The number of rotatable bonds is 9. The minimum absolute atomic E-state index is 0.945. The summed E-state index contributed by atoms with van der Waals surface area (Å²) in [7, 11) is 0. The Balaban J connectivity index is 1.58. The molecule has 0 spiro atoms. The van der Waals surface area contributed by atoms with E-state index in [4.69, 9.17) is 0 Å². The molecule has 3 aromatic rings. The Morgan fingerprint density at radius 3 is 1.48 bits per heavy atom. The van der Waals surface area contributed by atoms with Crippen molar-refractivity contribution < 1.29 is 0 Å². The normalized spacial score (nSPS) is 11.6. The molecule has 0 radical (unpaired) electrons. The first kappa shape index (κ1) is 18.9. The predicted octanol–water partition coefficient (Wildman–Crippen LogP) is 5.96. The van der Waals surface area contributed by atoms with Crippen LogP contribution in [0.5, 0.6) is 0 Å². The fourth-order valence-corrected chi connectivity index (χ4v) is 2.99. The van der Waals surface area contributed by atoms with Crippen LogP contribution in [-0.2, 0) is 6.42 Å². The lowest BCUT2D eigenvalue weighted by molar-refractivity contribution is 0.340. The highest BCUT2D eigenvalue weighted by molar-refractivity contribution is 5.49. The zero-order valence-corrected chi connectivity index (χ0v) is 15.7. The van der Waals surface area contributed by atoms with Gasteiger partial charge in [0.05, 0.1) is 0 Å². The van der Waals surface area contributed by atoms with Crippen molar-refractivity contribution in [3.8, 4) is 0 Å². The summed E-state index contributed by atoms with van der Waals surface area (Å²) in [6, 6.07) is 31.7. The highest BCUT2D eigenvalue weighted by Crippen LogP contribution is 2.06. The topological polar surface area (TPSA) is 3.24 Å². The van der Waals surface area contributed by atoms with E-state index in [1.165, 1.54) is 16.7 Å². The summed E-state index contributed by atoms with van der Waals surface area (Å²) in [6.45, 7) is 2.93. The third-order valence-electron chi connectivity index (χ3n) is 4.51. The maximum absolute atomic E-state index is 2.48. The van der Waals surface area contributed by atoms with Crippen LogP contribution in [-0.4, -0.2) is 24.5 Å². The molecule has 3 aromatic carbocycles. The van der Waals surface area contributed by atoms with E-state index < -0.39 is 0 Å². The lowest BCUT2D eigenvalue weighted by Gasteiger charge is -2.19. The molecular weight excluding hydrogens is 326 g/mol. The summed E-state index contributed by atoms with van der Waals surface area (Å²) in [6.07, 6.45) is 10.00. The molecule has 0 saturated carbocycles. The van der Waals surface area contributed by atoms with E-state index in [9.17, 15) is 0 Å². The number of hydrogen-bond acceptors (Lipinski definition) is 1. The molecule has 0 aliphatic carbocycles. The smallest absolute Gasteiger partial charge is 0.0169 e. The number of hydrogen-bond donors (Lipinski definition) is 0. The van der Waals surface area contributed by atoms with E-state index in [0.717, 1.165) is 26.1 Å². The molecule has 136 valence electrons. The van der Waals surface area contributed by atoms with Gasteiger partial charge in [0.1, 0.15) is 0 Å². The summed E-state index contributed by atoms with van der Waals surface area (Å²) in [4.78, 5) is 2.48. The minimum atomic E-state index is 0.945. The fraction of sp³-hybridized carbons (Fsp3) is 0.154. The Morgan fingerprint density at radius 2 is 1.00 bits per heavy atom. The summed E-state index contributed by atoms with van der Waals surface area (Å²) in [5, 5.41) is 0. The molecule has 0 aliphatic rings. The Kier molecular flexibility index (Phi) is 7.66. The summed E-state index contributed by atoms with van der Waals surface area (Å²) in [5.41, 5.74) is 3.89. The summed E-state index contributed by atoms with van der Waals surface area (Å²) >= 11 is 0. The predicted molar refractivity (Wildman–Crippen MR) is 118 cm³/mol. The second-order valence-electron chi connectivity index (χ2n) is 6.62. The Hall–Kier alpha value is -2.90. The van der Waals surface area contributed by atoms with Crippen LogP contribution < -0.4 is 0 Å². The fourth-order valence-electron chi connectivity index (χ4n) is 2.99. The Morgan fingerprint density at radius 1 is 0.556 bits per heavy atom. The van der Waals surface area contributed by atoms with Gasteiger partial charge in [0, 0.05) is 19.6 Å². The molecule has 0 heterocycles. The maximum atomic E-state index is 2.48. The van der Waals surface area contributed by atoms with Gasteiger partial charge in [0.15, 0.2) is 0 Å². The van der Waals surface area contributed by atoms with Crippen molar-refractivity contribution >= 4 is 12.2 Å². The average molecular weight is 354 g/mol. The van der Waals surface area contributed by atoms with Gasteiger partial charge in [0.2, 0.25) is 0 Å². The molecular formula is C26H27N. The van der Waals surface area contributed by atoms with E-state index >= 15 is 0 Å². The largest absolute Gasteiger partial charge is 0.296 e. The molecule has 0 aromatic heterocycles. The molecule has 0 fully saturated rings. The van der Waals surface area contributed by atoms with E-state index in [-0.39, 0.29) is 0 Å². The van der Waals surface area contributed by atoms with Crippen molar-refractivity contribution in [1.29, 1.82) is 0 Å². The van der Waals surface area contributed by atoms with Gasteiger partial charge in [-0.1, -0.05) is 115 Å². The van der Waals surface area contributed by atoms with E-state index in [0.29, 0.717) is 0 Å². The zero-order valence-electron chi connectivity index (χ0n) is 15.7. The van der Waals surface area contributed by atoms with Crippen LogP contribution in [0, 0.1) is 0 Å². The van der Waals surface area contributed by atoms with Crippen LogP contribution in [0.4, 0.5) is 0 Å². The van der Waals surface area contributed by atoms with Crippen molar-refractivity contribution in [3.63, 3.8) is 0 Å². The first-order valence-corrected chi connectivity index (χ1v) is 9.59. The molecule has 27 heavy (non-hydrogen) atoms. The van der Waals surface area contributed by atoms with Gasteiger partial charge in [-0.2, -0.15) is 0 Å². The van der Waals surface area contributed by atoms with Crippen LogP contribution in [0.15, 0.2) is 103 Å². The average Bonchev–Trinajstić information content (AvgIpc) is 2.74. The van der Waals surface area contributed by atoms with Crippen molar-refractivity contribution in [2.45, 2.75) is 6.42 Å². The van der Waals surface area contributed by atoms with Crippen LogP contribution in [0.3, 0.4) is 0 Å². The third kappa shape index (κ3) is 7.08. The van der Waals surface area contributed by atoms with Crippen molar-refractivity contribution in [2.75, 3.05) is 19.6 Å². The van der Waals surface area contributed by atoms with Crippen LogP contribution >= 0.6 is 0 Å². The maximum Gasteiger partial charge on any atom is 0.0169 e. The number of benzene rings is 3. The molecule has 0 amide bonds. The molecule has 0 aliphatic heterocycles. The minimum Gasteiger partial charge on any atom is -0.296 e. The molecule has 0 bridgehead atoms. The van der Waals surface area contributed by atoms with Crippen LogP contribution in [0.25, 0.3) is 12.2 Å². The number of nitrogens with zero attached hydrogens (tertiary/aromatic N) is 1. The standard InChI is InChI=1S/C26H27N/c1-4-12-24(13-5-1)18-10-21-27(23-20-26-16-8-3-9-17-26)22-11-19-25-14-6-2-7-15-25/h1-19H,20-23H2/b18-10+,19-11+. The first-order chi connectivity index (χ1) is 13.4. The highest BCUT2D eigenvalue weighted by atomic mass is 15.1. The summed E-state index contributed by atoms with van der Waals surface area (Å²) < 4.78 is 0. The van der Waals surface area contributed by atoms with E-state index in [2.05, 4.69) is 120 Å². The van der Waals surface area contributed by atoms with Gasteiger partial charge in [-0.25, -0.2) is 0 Å². The molecule has 0 atom stereocenters. The first-order valence-electron chi connectivity index (χ1n) is 9.59. The molecule has 1 nitrogen and oxygen atoms in total. The second kappa shape index (κ2) is 10.9. The van der Waals surface area contributed by atoms with Gasteiger partial charge < -0.3 is 0 Å². The Bertz CT molecular complexity index is 768. The molecule has 0 N–H and O–H groups in total. The summed E-state index contributed by atoms with van der Waals surface area (Å²) in [5.74, 6) is 0. The third-order valence-corrected chi connectivity index (χ3v) is 4.51. The van der Waals surface area contributed by atoms with Crippen molar-refractivity contribution in [3.05, 3.63) is 120 Å². The van der Waals surface area contributed by atoms with E-state index in [1.807, 2.05) is 0 Å². The lowest BCUT2D eigenvalue weighted by Crippen LogP contribution is -2.26. The van der Waals surface area contributed by atoms with Crippen LogP contribution in [0.2, 0.25) is 0 Å². The highest BCUT2D eigenvalue weighted by Gasteiger charge is 2.02.